The first-order valence-electron chi connectivity index (χ1n) is 5.94. The average Bonchev–Trinajstić information content (AvgIpc) is 2.58. The molecule has 1 fully saturated rings. The molecule has 23 heavy (non-hydrogen) atoms. The van der Waals surface area contributed by atoms with E-state index in [1.807, 2.05) is 0 Å². The van der Waals surface area contributed by atoms with Gasteiger partial charge in [0.05, 0.1) is 0 Å². The summed E-state index contributed by atoms with van der Waals surface area (Å²) in [5.74, 6) is -1.77. The monoisotopic (exact) mass is 373 g/mol. The van der Waals surface area contributed by atoms with E-state index in [2.05, 4.69) is 13.8 Å². The topological polar surface area (TPSA) is 65.1 Å². The highest BCUT2D eigenvalue weighted by Gasteiger charge is 2.83. The smallest absolute Gasteiger partial charge is 0.423 e. The molecule has 0 aromatic heterocycles. The van der Waals surface area contributed by atoms with Gasteiger partial charge in [-0.25, -0.2) is 9.69 Å². The molecule has 0 amide bonds. The second-order valence-electron chi connectivity index (χ2n) is 5.13. The standard InChI is InChI=1S/C10H14F6NO5P/c1-7(2)6(18)22-8(9(11,12)13,10(14,15)16)17(7)5-23(19,20-3)21-4/h5H2,1-4H3. The van der Waals surface area contributed by atoms with Crippen LogP contribution in [0.5, 0.6) is 0 Å². The highest BCUT2D eigenvalue weighted by molar-refractivity contribution is 7.53. The van der Waals surface area contributed by atoms with Crippen molar-refractivity contribution in [3.63, 3.8) is 0 Å². The van der Waals surface area contributed by atoms with Crippen LogP contribution in [0.1, 0.15) is 13.8 Å². The van der Waals surface area contributed by atoms with Crippen molar-refractivity contribution in [1.29, 1.82) is 0 Å². The Morgan fingerprint density at radius 2 is 1.48 bits per heavy atom. The van der Waals surface area contributed by atoms with E-state index in [0.717, 1.165) is 28.1 Å². The summed E-state index contributed by atoms with van der Waals surface area (Å²) in [4.78, 5) is 11.2. The Morgan fingerprint density at radius 1 is 1.09 bits per heavy atom. The number of esters is 1. The van der Waals surface area contributed by atoms with Gasteiger partial charge in [0.25, 0.3) is 0 Å². The number of cyclic esters (lactones) is 1. The molecule has 1 aliphatic heterocycles. The van der Waals surface area contributed by atoms with Gasteiger partial charge in [0.15, 0.2) is 0 Å². The van der Waals surface area contributed by atoms with Gasteiger partial charge in [0.2, 0.25) is 0 Å². The summed E-state index contributed by atoms with van der Waals surface area (Å²) >= 11 is 0. The Kier molecular flexibility index (Phi) is 4.93. The molecule has 0 saturated carbocycles. The zero-order chi connectivity index (χ0) is 18.5. The van der Waals surface area contributed by atoms with E-state index in [1.165, 1.54) is 0 Å². The van der Waals surface area contributed by atoms with Crippen LogP contribution in [0.15, 0.2) is 0 Å². The predicted octanol–water partition coefficient (Wildman–Crippen LogP) is 2.89. The summed E-state index contributed by atoms with van der Waals surface area (Å²) in [5.41, 5.74) is -7.33. The van der Waals surface area contributed by atoms with Gasteiger partial charge in [-0.15, -0.1) is 0 Å². The number of hydrogen-bond donors (Lipinski definition) is 0. The molecular formula is C10H14F6NO5P. The van der Waals surface area contributed by atoms with Crippen LogP contribution in [-0.2, 0) is 23.1 Å². The zero-order valence-corrected chi connectivity index (χ0v) is 13.3. The maximum atomic E-state index is 13.3. The maximum absolute atomic E-state index is 13.3. The third kappa shape index (κ3) is 2.97. The summed E-state index contributed by atoms with van der Waals surface area (Å²) < 4.78 is 104. The Bertz CT molecular complexity index is 509. The highest BCUT2D eigenvalue weighted by atomic mass is 31.2. The van der Waals surface area contributed by atoms with Crippen LogP contribution in [0.25, 0.3) is 0 Å². The van der Waals surface area contributed by atoms with Crippen LogP contribution in [0.4, 0.5) is 26.3 Å². The summed E-state index contributed by atoms with van der Waals surface area (Å²) in [6.07, 6.45) is -13.5. The Morgan fingerprint density at radius 3 is 1.78 bits per heavy atom. The van der Waals surface area contributed by atoms with Crippen LogP contribution >= 0.6 is 7.60 Å². The Balaban J connectivity index is 3.61. The molecule has 0 N–H and O–H groups in total. The van der Waals surface area contributed by atoms with Crippen molar-refractivity contribution in [3.8, 4) is 0 Å². The summed E-state index contributed by atoms with van der Waals surface area (Å²) in [6, 6.07) is 0. The van der Waals surface area contributed by atoms with Crippen molar-refractivity contribution in [3.05, 3.63) is 0 Å². The number of halogens is 6. The molecule has 13 heteroatoms. The first-order valence-corrected chi connectivity index (χ1v) is 7.67. The molecule has 1 rings (SSSR count). The average molecular weight is 373 g/mol. The van der Waals surface area contributed by atoms with Crippen LogP contribution in [0, 0.1) is 0 Å². The van der Waals surface area contributed by atoms with E-state index in [9.17, 15) is 35.7 Å². The summed E-state index contributed by atoms with van der Waals surface area (Å²) in [5, 5.41) is 0. The van der Waals surface area contributed by atoms with Gasteiger partial charge in [0.1, 0.15) is 11.8 Å². The van der Waals surface area contributed by atoms with Crippen molar-refractivity contribution in [2.75, 3.05) is 20.5 Å². The van der Waals surface area contributed by atoms with Gasteiger partial charge in [-0.2, -0.15) is 26.3 Å². The molecule has 0 aromatic rings. The fraction of sp³-hybridized carbons (Fsp3) is 0.900. The third-order valence-electron chi connectivity index (χ3n) is 3.43. The number of carbonyl (C=O) groups excluding carboxylic acids is 1. The van der Waals surface area contributed by atoms with E-state index >= 15 is 0 Å². The second-order valence-corrected chi connectivity index (χ2v) is 7.37. The van der Waals surface area contributed by atoms with E-state index in [-0.39, 0.29) is 0 Å². The predicted molar refractivity (Wildman–Crippen MR) is 63.3 cm³/mol. The lowest BCUT2D eigenvalue weighted by Gasteiger charge is -2.41. The van der Waals surface area contributed by atoms with Crippen molar-refractivity contribution in [2.24, 2.45) is 0 Å². The Hall–Kier alpha value is -0.840. The lowest BCUT2D eigenvalue weighted by atomic mass is 10.0. The number of carbonyl (C=O) groups is 1. The minimum Gasteiger partial charge on any atom is -0.423 e. The van der Waals surface area contributed by atoms with Gasteiger partial charge in [0, 0.05) is 14.2 Å². The third-order valence-corrected chi connectivity index (χ3v) is 5.18. The van der Waals surface area contributed by atoms with Crippen LogP contribution in [0.2, 0.25) is 0 Å². The van der Waals surface area contributed by atoms with Gasteiger partial charge in [-0.05, 0) is 13.8 Å². The maximum Gasteiger partial charge on any atom is 0.453 e. The van der Waals surface area contributed by atoms with Gasteiger partial charge < -0.3 is 13.8 Å². The number of hydrogen-bond acceptors (Lipinski definition) is 6. The molecule has 6 nitrogen and oxygen atoms in total. The minimum absolute atomic E-state index is 0.393. The Labute approximate surface area is 127 Å². The quantitative estimate of drug-likeness (QED) is 0.429. The minimum atomic E-state index is -6.04. The van der Waals surface area contributed by atoms with Crippen molar-refractivity contribution in [1.82, 2.24) is 4.90 Å². The van der Waals surface area contributed by atoms with Gasteiger partial charge in [-0.3, -0.25) is 4.57 Å². The van der Waals surface area contributed by atoms with E-state index in [4.69, 9.17) is 0 Å². The molecule has 0 atom stereocenters. The highest BCUT2D eigenvalue weighted by Crippen LogP contribution is 2.59. The van der Waals surface area contributed by atoms with Crippen LogP contribution in [0.3, 0.4) is 0 Å². The molecule has 1 heterocycles. The molecule has 1 aliphatic rings. The van der Waals surface area contributed by atoms with Crippen molar-refractivity contribution in [2.45, 2.75) is 37.5 Å². The first kappa shape index (κ1) is 20.2. The summed E-state index contributed by atoms with van der Waals surface area (Å²) in [7, 11) is -2.78. The van der Waals surface area contributed by atoms with Gasteiger partial charge in [-0.1, -0.05) is 0 Å². The number of alkyl halides is 6. The van der Waals surface area contributed by atoms with Crippen molar-refractivity contribution < 1.29 is 49.5 Å². The molecule has 0 spiro atoms. The molecule has 0 aromatic carbocycles. The fourth-order valence-electron chi connectivity index (χ4n) is 2.04. The lowest BCUT2D eigenvalue weighted by molar-refractivity contribution is -0.402. The molecule has 136 valence electrons. The van der Waals surface area contributed by atoms with E-state index < -0.39 is 48.4 Å². The largest absolute Gasteiger partial charge is 0.453 e. The van der Waals surface area contributed by atoms with E-state index in [1.54, 1.807) is 0 Å². The first-order chi connectivity index (χ1) is 10.1. The lowest BCUT2D eigenvalue weighted by Crippen LogP contribution is -2.68. The van der Waals surface area contributed by atoms with Crippen LogP contribution in [-0.4, -0.2) is 55.0 Å². The normalized spacial score (nSPS) is 22.3. The molecule has 0 radical (unpaired) electrons. The van der Waals surface area contributed by atoms with Crippen LogP contribution < -0.4 is 0 Å². The molecule has 0 bridgehead atoms. The molecular weight excluding hydrogens is 359 g/mol. The molecule has 0 unspecified atom stereocenters. The van der Waals surface area contributed by atoms with E-state index in [0.29, 0.717) is 0 Å². The van der Waals surface area contributed by atoms with Crippen molar-refractivity contribution >= 4 is 13.6 Å². The van der Waals surface area contributed by atoms with Gasteiger partial charge >= 0.3 is 31.6 Å². The molecule has 1 saturated heterocycles. The molecule has 0 aliphatic carbocycles. The SMILES string of the molecule is COP(=O)(CN1C(C)(C)C(=O)OC1(C(F)(F)F)C(F)(F)F)OC. The number of rotatable bonds is 4. The second kappa shape index (κ2) is 5.61. The zero-order valence-electron chi connectivity index (χ0n) is 12.4. The fourth-order valence-corrected chi connectivity index (χ4v) is 3.32. The summed E-state index contributed by atoms with van der Waals surface area (Å²) in [6.45, 7) is 1.56. The number of nitrogens with zero attached hydrogens (tertiary/aromatic N) is 1. The number of ether oxygens (including phenoxy) is 1.